The van der Waals surface area contributed by atoms with E-state index in [1.165, 1.54) is 0 Å². The summed E-state index contributed by atoms with van der Waals surface area (Å²) in [6.07, 6.45) is 3.51. The average molecular weight is 256 g/mol. The number of carbonyl (C=O) groups excluding carboxylic acids is 1. The van der Waals surface area contributed by atoms with Gasteiger partial charge < -0.3 is 15.3 Å². The molecule has 1 saturated heterocycles. The predicted octanol–water partition coefficient (Wildman–Crippen LogP) is 1.93. The van der Waals surface area contributed by atoms with E-state index in [0.29, 0.717) is 32.0 Å². The molecule has 2 amide bonds. The summed E-state index contributed by atoms with van der Waals surface area (Å²) >= 11 is 0. The lowest BCUT2D eigenvalue weighted by atomic mass is 9.99. The average Bonchev–Trinajstić information content (AvgIpc) is 2.34. The summed E-state index contributed by atoms with van der Waals surface area (Å²) in [7, 11) is 0. The number of piperidine rings is 1. The zero-order chi connectivity index (χ0) is 13.5. The Morgan fingerprint density at radius 1 is 1.44 bits per heavy atom. The summed E-state index contributed by atoms with van der Waals surface area (Å²) in [5.74, 6) is -0.555. The van der Waals surface area contributed by atoms with Crippen molar-refractivity contribution in [2.75, 3.05) is 19.6 Å². The van der Waals surface area contributed by atoms with Gasteiger partial charge in [0, 0.05) is 19.6 Å². The number of likely N-dealkylation sites (tertiary alicyclic amines) is 1. The van der Waals surface area contributed by atoms with E-state index in [4.69, 9.17) is 5.11 Å². The molecule has 0 aromatic rings. The van der Waals surface area contributed by atoms with Crippen LogP contribution in [0, 0.1) is 11.8 Å². The van der Waals surface area contributed by atoms with Gasteiger partial charge in [0.1, 0.15) is 0 Å². The van der Waals surface area contributed by atoms with E-state index in [2.05, 4.69) is 19.2 Å². The highest BCUT2D eigenvalue weighted by Crippen LogP contribution is 2.16. The zero-order valence-electron chi connectivity index (χ0n) is 11.3. The Kier molecular flexibility index (Phi) is 5.95. The van der Waals surface area contributed by atoms with Crippen molar-refractivity contribution in [1.29, 1.82) is 0 Å². The van der Waals surface area contributed by atoms with Crippen LogP contribution >= 0.6 is 0 Å². The molecule has 2 N–H and O–H groups in total. The number of hydrogen-bond acceptors (Lipinski definition) is 2. The minimum atomic E-state index is -0.799. The Balaban J connectivity index is 2.26. The van der Waals surface area contributed by atoms with Crippen LogP contribution in [0.4, 0.5) is 4.79 Å². The van der Waals surface area contributed by atoms with E-state index in [1.54, 1.807) is 4.90 Å². The second kappa shape index (κ2) is 7.24. The minimum absolute atomic E-state index is 0.121. The lowest BCUT2D eigenvalue weighted by Gasteiger charge is -2.30. The molecule has 5 nitrogen and oxygen atoms in total. The maximum Gasteiger partial charge on any atom is 0.317 e. The fourth-order valence-corrected chi connectivity index (χ4v) is 2.18. The van der Waals surface area contributed by atoms with Gasteiger partial charge in [0.15, 0.2) is 0 Å². The van der Waals surface area contributed by atoms with Crippen LogP contribution in [0.25, 0.3) is 0 Å². The normalized spacial score (nSPS) is 19.9. The molecule has 0 aromatic heterocycles. The Labute approximate surface area is 109 Å². The molecule has 0 radical (unpaired) electrons. The summed E-state index contributed by atoms with van der Waals surface area (Å²) < 4.78 is 0. The largest absolute Gasteiger partial charge is 0.481 e. The fourth-order valence-electron chi connectivity index (χ4n) is 2.18. The number of carboxylic acid groups (broad SMARTS) is 1. The van der Waals surface area contributed by atoms with Gasteiger partial charge in [-0.05, 0) is 31.6 Å². The number of carboxylic acids is 1. The van der Waals surface area contributed by atoms with Gasteiger partial charge in [0.05, 0.1) is 5.92 Å². The van der Waals surface area contributed by atoms with Crippen LogP contribution in [0.15, 0.2) is 0 Å². The number of aliphatic carboxylic acids is 1. The van der Waals surface area contributed by atoms with E-state index in [1.807, 2.05) is 0 Å². The van der Waals surface area contributed by atoms with E-state index in [9.17, 15) is 9.59 Å². The van der Waals surface area contributed by atoms with Crippen molar-refractivity contribution in [2.24, 2.45) is 11.8 Å². The highest BCUT2D eigenvalue weighted by Gasteiger charge is 2.27. The van der Waals surface area contributed by atoms with Crippen molar-refractivity contribution in [2.45, 2.75) is 39.5 Å². The molecule has 104 valence electrons. The molecule has 1 heterocycles. The highest BCUT2D eigenvalue weighted by atomic mass is 16.4. The van der Waals surface area contributed by atoms with Crippen LogP contribution in [0.2, 0.25) is 0 Å². The number of rotatable bonds is 5. The third-order valence-electron chi connectivity index (χ3n) is 3.29. The van der Waals surface area contributed by atoms with E-state index in [-0.39, 0.29) is 6.03 Å². The molecule has 18 heavy (non-hydrogen) atoms. The molecule has 5 heteroatoms. The third kappa shape index (κ3) is 4.94. The van der Waals surface area contributed by atoms with Crippen molar-refractivity contribution in [3.63, 3.8) is 0 Å². The first-order valence-corrected chi connectivity index (χ1v) is 6.76. The molecule has 0 saturated carbocycles. The Hall–Kier alpha value is -1.26. The Bertz CT molecular complexity index is 292. The number of carbonyl (C=O) groups is 2. The lowest BCUT2D eigenvalue weighted by molar-refractivity contribution is -0.143. The molecule has 1 fully saturated rings. The molecule has 0 aromatic carbocycles. The summed E-state index contributed by atoms with van der Waals surface area (Å²) in [6.45, 7) is 5.99. The van der Waals surface area contributed by atoms with Crippen molar-refractivity contribution in [1.82, 2.24) is 10.2 Å². The topological polar surface area (TPSA) is 69.6 Å². The molecular weight excluding hydrogens is 232 g/mol. The van der Waals surface area contributed by atoms with Gasteiger partial charge in [0.25, 0.3) is 0 Å². The second-order valence-electron chi connectivity index (χ2n) is 5.39. The Morgan fingerprint density at radius 2 is 2.17 bits per heavy atom. The van der Waals surface area contributed by atoms with Crippen molar-refractivity contribution in [3.8, 4) is 0 Å². The molecule has 1 aliphatic rings. The van der Waals surface area contributed by atoms with Crippen LogP contribution in [0.3, 0.4) is 0 Å². The number of nitrogens with one attached hydrogen (secondary N) is 1. The SMILES string of the molecule is CC(C)CCCNC(=O)N1CCC[C@H](C(=O)O)C1. The molecule has 0 bridgehead atoms. The van der Waals surface area contributed by atoms with Crippen LogP contribution in [-0.4, -0.2) is 41.6 Å². The molecule has 0 aliphatic carbocycles. The van der Waals surface area contributed by atoms with Crippen molar-refractivity contribution in [3.05, 3.63) is 0 Å². The fraction of sp³-hybridized carbons (Fsp3) is 0.846. The van der Waals surface area contributed by atoms with Gasteiger partial charge in [-0.25, -0.2) is 4.79 Å². The van der Waals surface area contributed by atoms with Crippen molar-refractivity contribution < 1.29 is 14.7 Å². The molecule has 1 aliphatic heterocycles. The summed E-state index contributed by atoms with van der Waals surface area (Å²) in [4.78, 5) is 24.4. The first kappa shape index (κ1) is 14.8. The zero-order valence-corrected chi connectivity index (χ0v) is 11.3. The van der Waals surface area contributed by atoms with Crippen LogP contribution in [0.5, 0.6) is 0 Å². The summed E-state index contributed by atoms with van der Waals surface area (Å²) in [6, 6.07) is -0.121. The number of nitrogens with zero attached hydrogens (tertiary/aromatic N) is 1. The van der Waals surface area contributed by atoms with Gasteiger partial charge in [0.2, 0.25) is 0 Å². The standard InChI is InChI=1S/C13H24N2O3/c1-10(2)5-3-7-14-13(18)15-8-4-6-11(9-15)12(16)17/h10-11H,3-9H2,1-2H3,(H,14,18)(H,16,17)/t11-/m0/s1. The number of urea groups is 1. The van der Waals surface area contributed by atoms with Gasteiger partial charge in [-0.1, -0.05) is 13.8 Å². The molecular formula is C13H24N2O3. The lowest BCUT2D eigenvalue weighted by Crippen LogP contribution is -2.47. The van der Waals surface area contributed by atoms with Gasteiger partial charge in [-0.3, -0.25) is 4.79 Å². The van der Waals surface area contributed by atoms with E-state index >= 15 is 0 Å². The smallest absolute Gasteiger partial charge is 0.317 e. The van der Waals surface area contributed by atoms with Gasteiger partial charge in [-0.2, -0.15) is 0 Å². The number of hydrogen-bond donors (Lipinski definition) is 2. The predicted molar refractivity (Wildman–Crippen MR) is 69.4 cm³/mol. The molecule has 0 spiro atoms. The van der Waals surface area contributed by atoms with E-state index < -0.39 is 11.9 Å². The quantitative estimate of drug-likeness (QED) is 0.738. The molecule has 1 atom stereocenters. The van der Waals surface area contributed by atoms with Crippen molar-refractivity contribution >= 4 is 12.0 Å². The monoisotopic (exact) mass is 256 g/mol. The van der Waals surface area contributed by atoms with Crippen LogP contribution < -0.4 is 5.32 Å². The second-order valence-corrected chi connectivity index (χ2v) is 5.39. The maximum atomic E-state index is 11.8. The minimum Gasteiger partial charge on any atom is -0.481 e. The molecule has 1 rings (SSSR count). The molecule has 0 unspecified atom stereocenters. The third-order valence-corrected chi connectivity index (χ3v) is 3.29. The van der Waals surface area contributed by atoms with Gasteiger partial charge >= 0.3 is 12.0 Å². The first-order valence-electron chi connectivity index (χ1n) is 6.76. The Morgan fingerprint density at radius 3 is 2.78 bits per heavy atom. The van der Waals surface area contributed by atoms with Crippen LogP contribution in [0.1, 0.15) is 39.5 Å². The number of amides is 2. The highest BCUT2D eigenvalue weighted by molar-refractivity contribution is 5.76. The first-order chi connectivity index (χ1) is 8.50. The summed E-state index contributed by atoms with van der Waals surface area (Å²) in [5, 5.41) is 11.8. The summed E-state index contributed by atoms with van der Waals surface area (Å²) in [5.41, 5.74) is 0. The van der Waals surface area contributed by atoms with Crippen LogP contribution in [-0.2, 0) is 4.79 Å². The maximum absolute atomic E-state index is 11.8. The van der Waals surface area contributed by atoms with Gasteiger partial charge in [-0.15, -0.1) is 0 Å². The van der Waals surface area contributed by atoms with E-state index in [0.717, 1.165) is 19.3 Å².